The Morgan fingerprint density at radius 3 is 1.67 bits per heavy atom. The quantitative estimate of drug-likeness (QED) is 0.123. The Kier molecular flexibility index (Phi) is 15.0. The number of alkyl carbamates (subject to hydrolysis) is 2. The maximum absolute atomic E-state index is 13.5. The fourth-order valence-electron chi connectivity index (χ4n) is 7.34. The van der Waals surface area contributed by atoms with Gasteiger partial charge in [-0.25, -0.2) is 24.2 Å². The van der Waals surface area contributed by atoms with Crippen LogP contribution in [0.15, 0.2) is 36.4 Å². The Labute approximate surface area is 351 Å². The number of aryl methyl sites for hydroxylation is 1. The molecule has 0 bridgehead atoms. The highest BCUT2D eigenvalue weighted by Crippen LogP contribution is 2.35. The van der Waals surface area contributed by atoms with Crippen LogP contribution in [-0.2, 0) is 38.1 Å². The second kappa shape index (κ2) is 19.9. The number of esters is 2. The average Bonchev–Trinajstić information content (AvgIpc) is 4.02. The van der Waals surface area contributed by atoms with Gasteiger partial charge in [0.05, 0.1) is 29.4 Å². The van der Waals surface area contributed by atoms with Gasteiger partial charge < -0.3 is 39.4 Å². The van der Waals surface area contributed by atoms with Gasteiger partial charge >= 0.3 is 24.1 Å². The zero-order valence-corrected chi connectivity index (χ0v) is 35.6. The Hall–Kier alpha value is -5.91. The number of likely N-dealkylation sites (tertiary alicyclic amines) is 2. The zero-order valence-electron chi connectivity index (χ0n) is 34.7. The van der Waals surface area contributed by atoms with E-state index in [1.807, 2.05) is 0 Å². The van der Waals surface area contributed by atoms with Crippen molar-refractivity contribution in [3.05, 3.63) is 52.5 Å². The summed E-state index contributed by atoms with van der Waals surface area (Å²) in [5.41, 5.74) is 2.54. The number of rotatable bonds is 15. The number of ether oxygens (including phenoxy) is 4. The van der Waals surface area contributed by atoms with Gasteiger partial charge in [-0.3, -0.25) is 19.2 Å². The third-order valence-corrected chi connectivity index (χ3v) is 11.6. The summed E-state index contributed by atoms with van der Waals surface area (Å²) in [4.78, 5) is 111. The van der Waals surface area contributed by atoms with Crippen LogP contribution in [0.25, 0.3) is 21.3 Å². The first-order valence-corrected chi connectivity index (χ1v) is 20.6. The van der Waals surface area contributed by atoms with Gasteiger partial charge in [0, 0.05) is 29.8 Å². The minimum absolute atomic E-state index is 0.274. The number of thiazole rings is 1. The Morgan fingerprint density at radius 2 is 1.20 bits per heavy atom. The summed E-state index contributed by atoms with van der Waals surface area (Å²) in [7, 11) is 2.39. The number of hydrogen-bond donors (Lipinski definition) is 2. The smallest absolute Gasteiger partial charge is 0.407 e. The highest BCUT2D eigenvalue weighted by molar-refractivity contribution is 7.19. The molecule has 0 aliphatic carbocycles. The number of ketones is 2. The van der Waals surface area contributed by atoms with E-state index in [2.05, 4.69) is 25.1 Å². The summed E-state index contributed by atoms with van der Waals surface area (Å²) in [5.74, 6) is -3.76. The third-order valence-electron chi connectivity index (χ3n) is 10.6. The molecule has 4 atom stereocenters. The molecule has 3 heterocycles. The first-order valence-electron chi connectivity index (χ1n) is 19.8. The first kappa shape index (κ1) is 45.2. The standard InChI is InChI=1S/C42H51N5O12S/c1-22(2)33(44-41(54)56-6)37(50)46-18-8-10-29(46)39(52)58-20-31(48)26-14-12-25(13-15-26)27-16-17-28(36-35(27)43-24(5)60-36)32(49)21-59-40(53)30-11-9-19-47(30)38(51)34(23(3)4)45-42(55)57-7/h12-17,22-23,29-30,33-34H,8-11,18-21H2,1-7H3,(H,44,54)(H,45,55)/t29-,30-,33-,34-/m0/s1. The van der Waals surface area contributed by atoms with Crippen LogP contribution in [0.2, 0.25) is 0 Å². The van der Waals surface area contributed by atoms with Gasteiger partial charge in [-0.1, -0.05) is 58.0 Å². The van der Waals surface area contributed by atoms with E-state index in [0.29, 0.717) is 70.7 Å². The lowest BCUT2D eigenvalue weighted by molar-refractivity contribution is -0.153. The van der Waals surface area contributed by atoms with Crippen LogP contribution in [-0.4, -0.2) is 127 Å². The van der Waals surface area contributed by atoms with E-state index < -0.39 is 84.9 Å². The van der Waals surface area contributed by atoms with E-state index in [0.717, 1.165) is 0 Å². The lowest BCUT2D eigenvalue weighted by Crippen LogP contribution is -2.54. The van der Waals surface area contributed by atoms with Gasteiger partial charge in [-0.2, -0.15) is 0 Å². The van der Waals surface area contributed by atoms with Crippen molar-refractivity contribution in [3.8, 4) is 11.1 Å². The molecule has 1 aromatic heterocycles. The molecule has 3 aromatic rings. The number of carbonyl (C=O) groups is 8. The number of aromatic nitrogens is 1. The van der Waals surface area contributed by atoms with E-state index in [-0.39, 0.29) is 17.4 Å². The van der Waals surface area contributed by atoms with Crippen molar-refractivity contribution in [3.63, 3.8) is 0 Å². The average molecular weight is 850 g/mol. The number of Topliss-reactive ketones (excluding diaryl/α,β-unsaturated/α-hetero) is 2. The molecule has 2 aliphatic heterocycles. The monoisotopic (exact) mass is 849 g/mol. The summed E-state index contributed by atoms with van der Waals surface area (Å²) in [6.45, 7) is 8.37. The predicted molar refractivity (Wildman–Crippen MR) is 218 cm³/mol. The van der Waals surface area contributed by atoms with Crippen LogP contribution in [0.1, 0.15) is 79.1 Å². The summed E-state index contributed by atoms with van der Waals surface area (Å²) in [6, 6.07) is 6.38. The molecule has 18 heteroatoms. The number of hydrogen-bond acceptors (Lipinski definition) is 14. The molecule has 0 saturated carbocycles. The minimum Gasteiger partial charge on any atom is -0.456 e. The molecule has 2 fully saturated rings. The molecule has 2 N–H and O–H groups in total. The molecule has 0 radical (unpaired) electrons. The van der Waals surface area contributed by atoms with Crippen LogP contribution < -0.4 is 10.6 Å². The van der Waals surface area contributed by atoms with Crippen molar-refractivity contribution in [1.82, 2.24) is 25.4 Å². The molecule has 0 unspecified atom stereocenters. The Bertz CT molecular complexity index is 2130. The number of carbonyl (C=O) groups excluding carboxylic acids is 8. The van der Waals surface area contributed by atoms with Gasteiger partial charge in [0.25, 0.3) is 0 Å². The molecule has 0 spiro atoms. The van der Waals surface area contributed by atoms with Crippen molar-refractivity contribution in [2.45, 2.75) is 84.5 Å². The summed E-state index contributed by atoms with van der Waals surface area (Å²) < 4.78 is 20.8. The van der Waals surface area contributed by atoms with Crippen LogP contribution in [0.5, 0.6) is 0 Å². The lowest BCUT2D eigenvalue weighted by atomic mass is 9.99. The number of nitrogens with one attached hydrogen (secondary N) is 2. The Balaban J connectivity index is 1.21. The van der Waals surface area contributed by atoms with Crippen molar-refractivity contribution in [2.75, 3.05) is 40.5 Å². The fourth-order valence-corrected chi connectivity index (χ4v) is 8.31. The second-order valence-corrected chi connectivity index (χ2v) is 16.5. The van der Waals surface area contributed by atoms with Crippen LogP contribution in [0, 0.1) is 18.8 Å². The summed E-state index contributed by atoms with van der Waals surface area (Å²) in [5, 5.41) is 5.75. The maximum atomic E-state index is 13.5. The van der Waals surface area contributed by atoms with Crippen LogP contribution >= 0.6 is 11.3 Å². The predicted octanol–water partition coefficient (Wildman–Crippen LogP) is 4.47. The van der Waals surface area contributed by atoms with Crippen LogP contribution in [0.4, 0.5) is 9.59 Å². The van der Waals surface area contributed by atoms with Crippen molar-refractivity contribution < 1.29 is 57.3 Å². The van der Waals surface area contributed by atoms with E-state index in [1.54, 1.807) is 71.0 Å². The van der Waals surface area contributed by atoms with E-state index in [1.165, 1.54) is 35.4 Å². The molecule has 17 nitrogen and oxygen atoms in total. The molecule has 322 valence electrons. The Morgan fingerprint density at radius 1 is 0.717 bits per heavy atom. The number of amides is 4. The van der Waals surface area contributed by atoms with Crippen molar-refractivity contribution >= 4 is 69.1 Å². The SMILES string of the molecule is COC(=O)N[C@H](C(=O)N1CCC[C@H]1C(=O)OCC(=O)c1ccc(-c2ccc(C(=O)COC(=O)[C@@H]3CCCN3C(=O)[C@@H](NC(=O)OC)C(C)C)c3sc(C)nc23)cc1)C(C)C. The normalized spacial score (nSPS) is 17.3. The topological polar surface area (TPSA) is 217 Å². The first-order chi connectivity index (χ1) is 28.6. The number of fused-ring (bicyclic) bond motifs is 1. The molecule has 60 heavy (non-hydrogen) atoms. The molecule has 2 aromatic carbocycles. The molecular weight excluding hydrogens is 799 g/mol. The van der Waals surface area contributed by atoms with Crippen molar-refractivity contribution in [1.29, 1.82) is 0 Å². The van der Waals surface area contributed by atoms with Gasteiger partial charge in [0.15, 0.2) is 19.0 Å². The number of methoxy groups -OCH3 is 2. The lowest BCUT2D eigenvalue weighted by Gasteiger charge is -2.29. The maximum Gasteiger partial charge on any atom is 0.407 e. The highest BCUT2D eigenvalue weighted by atomic mass is 32.1. The summed E-state index contributed by atoms with van der Waals surface area (Å²) in [6.07, 6.45) is 0.292. The van der Waals surface area contributed by atoms with Gasteiger partial charge in [0.1, 0.15) is 24.2 Å². The molecular formula is C42H51N5O12S. The van der Waals surface area contributed by atoms with Gasteiger partial charge in [-0.05, 0) is 56.1 Å². The highest BCUT2D eigenvalue weighted by Gasteiger charge is 2.41. The molecule has 2 aliphatic rings. The molecule has 5 rings (SSSR count). The summed E-state index contributed by atoms with van der Waals surface area (Å²) >= 11 is 1.31. The second-order valence-electron chi connectivity index (χ2n) is 15.3. The van der Waals surface area contributed by atoms with Crippen LogP contribution in [0.3, 0.4) is 0 Å². The molecule has 2 saturated heterocycles. The largest absolute Gasteiger partial charge is 0.456 e. The third kappa shape index (κ3) is 10.3. The van der Waals surface area contributed by atoms with Gasteiger partial charge in [0.2, 0.25) is 17.6 Å². The zero-order chi connectivity index (χ0) is 43.8. The van der Waals surface area contributed by atoms with Crippen molar-refractivity contribution in [2.24, 2.45) is 11.8 Å². The minimum atomic E-state index is -0.910. The fraction of sp³-hybridized carbons (Fsp3) is 0.500. The number of nitrogens with zero attached hydrogens (tertiary/aromatic N) is 3. The molecule has 4 amide bonds. The van der Waals surface area contributed by atoms with E-state index >= 15 is 0 Å². The van der Waals surface area contributed by atoms with E-state index in [9.17, 15) is 38.4 Å². The van der Waals surface area contributed by atoms with E-state index in [4.69, 9.17) is 9.47 Å². The van der Waals surface area contributed by atoms with Gasteiger partial charge in [-0.15, -0.1) is 11.3 Å². The number of benzene rings is 2.